The molecule has 0 saturated heterocycles. The quantitative estimate of drug-likeness (QED) is 0.319. The molecule has 2 aromatic rings. The minimum absolute atomic E-state index is 0.128. The van der Waals surface area contributed by atoms with E-state index in [-0.39, 0.29) is 11.8 Å². The molecule has 2 aliphatic heterocycles. The van der Waals surface area contributed by atoms with Crippen molar-refractivity contribution in [2.75, 3.05) is 0 Å². The molecule has 4 aliphatic rings. The molecule has 2 bridgehead atoms. The van der Waals surface area contributed by atoms with Gasteiger partial charge in [0.05, 0.1) is 0 Å². The van der Waals surface area contributed by atoms with Crippen LogP contribution in [0, 0.1) is 11.8 Å². The van der Waals surface area contributed by atoms with Crippen LogP contribution in [-0.2, 0) is 0 Å². The molecular formula is C39H37NS. The van der Waals surface area contributed by atoms with Gasteiger partial charge in [-0.25, -0.2) is 0 Å². The Morgan fingerprint density at radius 1 is 0.732 bits per heavy atom. The van der Waals surface area contributed by atoms with E-state index in [4.69, 9.17) is 4.99 Å². The molecule has 0 saturated carbocycles. The molecule has 2 aromatic carbocycles. The number of allylic oxidation sites excluding steroid dienone is 13. The third-order valence-electron chi connectivity index (χ3n) is 8.76. The van der Waals surface area contributed by atoms with Crippen molar-refractivity contribution in [3.63, 3.8) is 0 Å². The average Bonchev–Trinajstić information content (AvgIpc) is 2.97. The van der Waals surface area contributed by atoms with Gasteiger partial charge >= 0.3 is 0 Å². The molecule has 3 unspecified atom stereocenters. The van der Waals surface area contributed by atoms with Gasteiger partial charge in [-0.05, 0) is 107 Å². The fraction of sp³-hybridized carbons (Fsp3) is 0.205. The monoisotopic (exact) mass is 551 g/mol. The summed E-state index contributed by atoms with van der Waals surface area (Å²) in [5.41, 5.74) is 7.35. The van der Waals surface area contributed by atoms with Crippen LogP contribution in [0.5, 0.6) is 0 Å². The molecular weight excluding hydrogens is 515 g/mol. The van der Waals surface area contributed by atoms with E-state index in [0.29, 0.717) is 0 Å². The Balaban J connectivity index is 1.75. The van der Waals surface area contributed by atoms with Gasteiger partial charge in [-0.1, -0.05) is 115 Å². The number of rotatable bonds is 0. The molecule has 2 heterocycles. The van der Waals surface area contributed by atoms with Crippen LogP contribution in [-0.4, -0.2) is 11.8 Å². The van der Waals surface area contributed by atoms with Crippen molar-refractivity contribution >= 4 is 34.7 Å². The highest BCUT2D eigenvalue weighted by Gasteiger charge is 2.45. The van der Waals surface area contributed by atoms with E-state index >= 15 is 0 Å². The van der Waals surface area contributed by atoms with Crippen molar-refractivity contribution in [2.45, 2.75) is 44.6 Å². The summed E-state index contributed by atoms with van der Waals surface area (Å²) in [6, 6.07) is 17.8. The standard InChI is InChI=1S/C39H37NS/c1-27-16-7-5-6-8-21-34-37(33-20-10-9-19-32(33)30(27)4)28(2)17-13-14-25-40-39-24-15-23-36(38(34)39)41-35-22-12-11-18-31(35)29(3)26-39/h5-20,22-26,34,38H,21H2,1-4H3/b7-5-,8-6+,14-13-,27-16?,28-17+,29-26?,32-30?,37-33-,40-25?. The zero-order valence-corrected chi connectivity index (χ0v) is 25.2. The van der Waals surface area contributed by atoms with Gasteiger partial charge in [0.25, 0.3) is 0 Å². The second-order valence-corrected chi connectivity index (χ2v) is 12.4. The van der Waals surface area contributed by atoms with Crippen LogP contribution in [0.1, 0.15) is 39.7 Å². The summed E-state index contributed by atoms with van der Waals surface area (Å²) in [4.78, 5) is 8.06. The smallest absolute Gasteiger partial charge is 0.106 e. The Hall–Kier alpha value is -3.88. The number of hydrogen-bond donors (Lipinski definition) is 0. The highest BCUT2D eigenvalue weighted by molar-refractivity contribution is 8.03. The normalized spacial score (nSPS) is 30.4. The Morgan fingerprint density at radius 3 is 2.37 bits per heavy atom. The molecule has 2 heteroatoms. The number of benzene rings is 2. The molecule has 0 amide bonds. The van der Waals surface area contributed by atoms with Gasteiger partial charge in [-0.2, -0.15) is 0 Å². The number of aliphatic imine (C=N–C) groups is 1. The Labute approximate surface area is 248 Å². The topological polar surface area (TPSA) is 12.4 Å². The van der Waals surface area contributed by atoms with Crippen molar-refractivity contribution in [3.8, 4) is 0 Å². The third-order valence-corrected chi connectivity index (χ3v) is 9.96. The van der Waals surface area contributed by atoms with Crippen molar-refractivity contribution < 1.29 is 0 Å². The lowest BCUT2D eigenvalue weighted by Gasteiger charge is -2.44. The van der Waals surface area contributed by atoms with E-state index in [2.05, 4.69) is 149 Å². The summed E-state index contributed by atoms with van der Waals surface area (Å²) in [7, 11) is 0. The van der Waals surface area contributed by atoms with Gasteiger partial charge in [-0.3, -0.25) is 4.99 Å². The van der Waals surface area contributed by atoms with E-state index in [9.17, 15) is 0 Å². The first-order valence-corrected chi connectivity index (χ1v) is 15.4. The van der Waals surface area contributed by atoms with Gasteiger partial charge < -0.3 is 0 Å². The van der Waals surface area contributed by atoms with Gasteiger partial charge in [0.1, 0.15) is 5.54 Å². The SMILES string of the molecule is CC1=C/C=C\C=C\CC2C(=c3/ccccc3=C1C)/C(C)=C/C=C\C=NC13C=CC=C(Sc4ccccc4C(C)=C1)C23. The minimum Gasteiger partial charge on any atom is -0.278 e. The Morgan fingerprint density at radius 2 is 1.49 bits per heavy atom. The molecule has 0 N–H and O–H groups in total. The molecule has 0 fully saturated rings. The van der Waals surface area contributed by atoms with Crippen molar-refractivity contribution in [1.82, 2.24) is 0 Å². The second-order valence-electron chi connectivity index (χ2n) is 11.3. The highest BCUT2D eigenvalue weighted by Crippen LogP contribution is 2.53. The molecule has 0 spiro atoms. The third kappa shape index (κ3) is 5.18. The molecule has 41 heavy (non-hydrogen) atoms. The van der Waals surface area contributed by atoms with Gasteiger partial charge in [0.15, 0.2) is 0 Å². The number of fused-ring (bicyclic) bond motifs is 3. The summed E-state index contributed by atoms with van der Waals surface area (Å²) in [5.74, 6) is 0.318. The summed E-state index contributed by atoms with van der Waals surface area (Å²) in [6.45, 7) is 9.01. The van der Waals surface area contributed by atoms with Gasteiger partial charge in [0, 0.05) is 17.0 Å². The maximum atomic E-state index is 5.39. The predicted octanol–water partition coefficient (Wildman–Crippen LogP) is 8.69. The first-order chi connectivity index (χ1) is 20.0. The van der Waals surface area contributed by atoms with E-state index < -0.39 is 5.54 Å². The lowest BCUT2D eigenvalue weighted by molar-refractivity contribution is 0.375. The first kappa shape index (κ1) is 27.3. The first-order valence-electron chi connectivity index (χ1n) is 14.5. The molecule has 3 atom stereocenters. The number of nitrogens with zero attached hydrogens (tertiary/aromatic N) is 1. The van der Waals surface area contributed by atoms with E-state index in [0.717, 1.165) is 6.42 Å². The van der Waals surface area contributed by atoms with Crippen LogP contribution in [0.4, 0.5) is 0 Å². The zero-order chi connectivity index (χ0) is 28.4. The summed E-state index contributed by atoms with van der Waals surface area (Å²) >= 11 is 1.92. The minimum atomic E-state index is -0.503. The average molecular weight is 552 g/mol. The summed E-state index contributed by atoms with van der Waals surface area (Å²) < 4.78 is 0. The van der Waals surface area contributed by atoms with Crippen LogP contribution in [0.2, 0.25) is 0 Å². The fourth-order valence-electron chi connectivity index (χ4n) is 6.67. The van der Waals surface area contributed by atoms with Crippen LogP contribution >= 0.6 is 11.8 Å². The lowest BCUT2D eigenvalue weighted by Crippen LogP contribution is -2.43. The lowest BCUT2D eigenvalue weighted by atomic mass is 9.67. The van der Waals surface area contributed by atoms with Crippen molar-refractivity contribution in [2.24, 2.45) is 16.8 Å². The number of hydrogen-bond acceptors (Lipinski definition) is 2. The maximum Gasteiger partial charge on any atom is 0.106 e. The number of thioether (sulfide) groups is 1. The summed E-state index contributed by atoms with van der Waals surface area (Å²) in [6.07, 6.45) is 29.8. The second kappa shape index (κ2) is 11.5. The van der Waals surface area contributed by atoms with Crippen LogP contribution in [0.25, 0.3) is 16.7 Å². The molecule has 0 aromatic heterocycles. The zero-order valence-electron chi connectivity index (χ0n) is 24.3. The molecule has 0 radical (unpaired) electrons. The van der Waals surface area contributed by atoms with E-state index in [1.54, 1.807) is 0 Å². The Kier molecular flexibility index (Phi) is 7.69. The largest absolute Gasteiger partial charge is 0.278 e. The van der Waals surface area contributed by atoms with Gasteiger partial charge in [0.2, 0.25) is 0 Å². The highest BCUT2D eigenvalue weighted by atomic mass is 32.2. The van der Waals surface area contributed by atoms with Gasteiger partial charge in [-0.15, -0.1) is 0 Å². The van der Waals surface area contributed by atoms with E-state index in [1.165, 1.54) is 53.7 Å². The van der Waals surface area contributed by atoms with Crippen LogP contribution < -0.4 is 10.4 Å². The van der Waals surface area contributed by atoms with Crippen molar-refractivity contribution in [3.05, 3.63) is 153 Å². The molecule has 1 nitrogen and oxygen atoms in total. The Bertz CT molecular complexity index is 1780. The molecule has 2 aliphatic carbocycles. The molecule has 6 rings (SSSR count). The van der Waals surface area contributed by atoms with Crippen molar-refractivity contribution in [1.29, 1.82) is 0 Å². The fourth-order valence-corrected chi connectivity index (χ4v) is 8.03. The summed E-state index contributed by atoms with van der Waals surface area (Å²) in [5, 5.41) is 2.62. The van der Waals surface area contributed by atoms with Crippen LogP contribution in [0.3, 0.4) is 0 Å². The molecule has 204 valence electrons. The van der Waals surface area contributed by atoms with E-state index in [1.807, 2.05) is 18.0 Å². The maximum absolute atomic E-state index is 5.39. The van der Waals surface area contributed by atoms with Crippen LogP contribution in [0.15, 0.2) is 147 Å². The predicted molar refractivity (Wildman–Crippen MR) is 179 cm³/mol.